The highest BCUT2D eigenvalue weighted by Gasteiger charge is 2.38. The Morgan fingerprint density at radius 1 is 1.30 bits per heavy atom. The summed E-state index contributed by atoms with van der Waals surface area (Å²) in [7, 11) is 0. The van der Waals surface area contributed by atoms with Crippen molar-refractivity contribution in [3.8, 4) is 5.75 Å². The predicted molar refractivity (Wildman–Crippen MR) is 77.1 cm³/mol. The summed E-state index contributed by atoms with van der Waals surface area (Å²) in [6.45, 7) is 0.301. The lowest BCUT2D eigenvalue weighted by Crippen LogP contribution is -2.48. The Kier molecular flexibility index (Phi) is 4.26. The summed E-state index contributed by atoms with van der Waals surface area (Å²) < 4.78 is 43.3. The third-order valence-electron chi connectivity index (χ3n) is 3.75. The standard InChI is InChI=1S/C14H14F3N3O2S/c15-14(16,17)12-20-19-11(23-12)7-18-13(8-21)5-6-22-10-4-2-1-3-9(10)13/h1-4,18,21H,5-8H2. The molecule has 1 aromatic heterocycles. The van der Waals surface area contributed by atoms with Crippen LogP contribution in [0.4, 0.5) is 13.2 Å². The molecule has 2 N–H and O–H groups in total. The van der Waals surface area contributed by atoms with Crippen LogP contribution in [0.2, 0.25) is 0 Å². The third-order valence-corrected chi connectivity index (χ3v) is 4.71. The monoisotopic (exact) mass is 345 g/mol. The van der Waals surface area contributed by atoms with E-state index in [0.29, 0.717) is 30.1 Å². The zero-order valence-corrected chi connectivity index (χ0v) is 12.7. The molecule has 2 aromatic rings. The van der Waals surface area contributed by atoms with Crippen LogP contribution in [0.25, 0.3) is 0 Å². The number of alkyl halides is 3. The fourth-order valence-electron chi connectivity index (χ4n) is 2.55. The molecule has 1 unspecified atom stereocenters. The molecule has 0 spiro atoms. The van der Waals surface area contributed by atoms with Gasteiger partial charge in [-0.25, -0.2) is 0 Å². The number of aromatic nitrogens is 2. The van der Waals surface area contributed by atoms with E-state index >= 15 is 0 Å². The molecule has 1 aromatic carbocycles. The van der Waals surface area contributed by atoms with Crippen LogP contribution in [-0.2, 0) is 18.3 Å². The summed E-state index contributed by atoms with van der Waals surface area (Å²) in [5.41, 5.74) is 0.0214. The molecule has 1 aliphatic heterocycles. The van der Waals surface area contributed by atoms with Crippen LogP contribution in [0.3, 0.4) is 0 Å². The van der Waals surface area contributed by atoms with Crippen LogP contribution in [0.15, 0.2) is 24.3 Å². The van der Waals surface area contributed by atoms with Crippen molar-refractivity contribution in [3.05, 3.63) is 39.8 Å². The first kappa shape index (κ1) is 16.2. The second-order valence-corrected chi connectivity index (χ2v) is 6.25. The van der Waals surface area contributed by atoms with Crippen molar-refractivity contribution in [2.45, 2.75) is 24.7 Å². The van der Waals surface area contributed by atoms with E-state index in [-0.39, 0.29) is 18.2 Å². The number of hydrogen-bond donors (Lipinski definition) is 2. The van der Waals surface area contributed by atoms with Crippen LogP contribution < -0.4 is 10.1 Å². The van der Waals surface area contributed by atoms with Gasteiger partial charge in [-0.2, -0.15) is 13.2 Å². The molecular formula is C14H14F3N3O2S. The van der Waals surface area contributed by atoms with Crippen molar-refractivity contribution in [1.29, 1.82) is 0 Å². The van der Waals surface area contributed by atoms with Crippen molar-refractivity contribution < 1.29 is 23.0 Å². The smallest absolute Gasteiger partial charge is 0.445 e. The van der Waals surface area contributed by atoms with Crippen LogP contribution in [-0.4, -0.2) is 28.5 Å². The maximum absolute atomic E-state index is 12.6. The Bertz CT molecular complexity index is 692. The van der Waals surface area contributed by atoms with E-state index in [1.165, 1.54) is 0 Å². The first-order chi connectivity index (χ1) is 10.9. The Balaban J connectivity index is 1.80. The molecule has 1 atom stereocenters. The lowest BCUT2D eigenvalue weighted by Gasteiger charge is -2.38. The summed E-state index contributed by atoms with van der Waals surface area (Å²) in [5, 5.41) is 19.0. The first-order valence-corrected chi connectivity index (χ1v) is 7.74. The quantitative estimate of drug-likeness (QED) is 0.890. The largest absolute Gasteiger partial charge is 0.493 e. The van der Waals surface area contributed by atoms with E-state index in [1.54, 1.807) is 6.07 Å². The zero-order valence-electron chi connectivity index (χ0n) is 11.9. The van der Waals surface area contributed by atoms with Crippen LogP contribution in [0.1, 0.15) is 22.0 Å². The highest BCUT2D eigenvalue weighted by Crippen LogP contribution is 2.37. The number of nitrogens with zero attached hydrogens (tertiary/aromatic N) is 2. The topological polar surface area (TPSA) is 67.3 Å². The van der Waals surface area contributed by atoms with Gasteiger partial charge in [-0.3, -0.25) is 5.32 Å². The second-order valence-electron chi connectivity index (χ2n) is 5.19. The maximum atomic E-state index is 12.6. The molecule has 23 heavy (non-hydrogen) atoms. The predicted octanol–water partition coefficient (Wildman–Crippen LogP) is 2.32. The zero-order chi connectivity index (χ0) is 16.5. The van der Waals surface area contributed by atoms with Crippen LogP contribution >= 0.6 is 11.3 Å². The van der Waals surface area contributed by atoms with Gasteiger partial charge < -0.3 is 9.84 Å². The molecule has 0 aliphatic carbocycles. The fourth-order valence-corrected chi connectivity index (χ4v) is 3.19. The molecular weight excluding hydrogens is 331 g/mol. The summed E-state index contributed by atoms with van der Waals surface area (Å²) in [6, 6.07) is 7.28. The Morgan fingerprint density at radius 3 is 2.78 bits per heavy atom. The second kappa shape index (κ2) is 6.06. The van der Waals surface area contributed by atoms with Gasteiger partial charge in [-0.05, 0) is 6.07 Å². The lowest BCUT2D eigenvalue weighted by atomic mass is 9.85. The molecule has 0 saturated heterocycles. The average Bonchev–Trinajstić information content (AvgIpc) is 3.02. The highest BCUT2D eigenvalue weighted by molar-refractivity contribution is 7.11. The number of para-hydroxylation sites is 1. The third kappa shape index (κ3) is 3.17. The van der Waals surface area contributed by atoms with E-state index in [4.69, 9.17) is 4.74 Å². The molecule has 0 radical (unpaired) electrons. The number of nitrogens with one attached hydrogen (secondary N) is 1. The van der Waals surface area contributed by atoms with Crippen molar-refractivity contribution in [3.63, 3.8) is 0 Å². The Morgan fingerprint density at radius 2 is 2.09 bits per heavy atom. The maximum Gasteiger partial charge on any atom is 0.445 e. The van der Waals surface area contributed by atoms with E-state index in [1.807, 2.05) is 18.2 Å². The van der Waals surface area contributed by atoms with E-state index in [9.17, 15) is 18.3 Å². The van der Waals surface area contributed by atoms with Crippen molar-refractivity contribution in [2.75, 3.05) is 13.2 Å². The van der Waals surface area contributed by atoms with Gasteiger partial charge in [-0.1, -0.05) is 29.5 Å². The number of fused-ring (bicyclic) bond motifs is 1. The van der Waals surface area contributed by atoms with Gasteiger partial charge in [0.05, 0.1) is 25.3 Å². The van der Waals surface area contributed by atoms with Crippen molar-refractivity contribution in [1.82, 2.24) is 15.5 Å². The molecule has 0 amide bonds. The number of benzene rings is 1. The van der Waals surface area contributed by atoms with Gasteiger partial charge in [0.25, 0.3) is 0 Å². The van der Waals surface area contributed by atoms with Gasteiger partial charge in [0.1, 0.15) is 10.8 Å². The molecule has 0 saturated carbocycles. The Labute approximate surface area is 134 Å². The van der Waals surface area contributed by atoms with E-state index < -0.39 is 16.7 Å². The molecule has 1 aliphatic rings. The average molecular weight is 345 g/mol. The number of halogens is 3. The summed E-state index contributed by atoms with van der Waals surface area (Å²) in [6.07, 6.45) is -3.98. The molecule has 9 heteroatoms. The van der Waals surface area contributed by atoms with Crippen LogP contribution in [0.5, 0.6) is 5.75 Å². The number of aliphatic hydroxyl groups is 1. The number of aliphatic hydroxyl groups excluding tert-OH is 1. The van der Waals surface area contributed by atoms with Crippen molar-refractivity contribution in [2.24, 2.45) is 0 Å². The summed E-state index contributed by atoms with van der Waals surface area (Å²) >= 11 is 0.496. The van der Waals surface area contributed by atoms with Gasteiger partial charge in [-0.15, -0.1) is 10.2 Å². The molecule has 5 nitrogen and oxygen atoms in total. The molecule has 124 valence electrons. The summed E-state index contributed by atoms with van der Waals surface area (Å²) in [4.78, 5) is 0. The number of hydrogen-bond acceptors (Lipinski definition) is 6. The minimum Gasteiger partial charge on any atom is -0.493 e. The normalized spacial score (nSPS) is 20.9. The minimum absolute atomic E-state index is 0.0860. The van der Waals surface area contributed by atoms with Gasteiger partial charge >= 0.3 is 6.18 Å². The Hall–Kier alpha value is -1.71. The van der Waals surface area contributed by atoms with Gasteiger partial charge in [0.2, 0.25) is 5.01 Å². The molecule has 0 bridgehead atoms. The minimum atomic E-state index is -4.49. The highest BCUT2D eigenvalue weighted by atomic mass is 32.1. The first-order valence-electron chi connectivity index (χ1n) is 6.92. The van der Waals surface area contributed by atoms with Crippen LogP contribution in [0, 0.1) is 0 Å². The number of ether oxygens (including phenoxy) is 1. The molecule has 2 heterocycles. The molecule has 0 fully saturated rings. The SMILES string of the molecule is OCC1(NCc2nnc(C(F)(F)F)s2)CCOc2ccccc21. The fraction of sp³-hybridized carbons (Fsp3) is 0.429. The molecule has 3 rings (SSSR count). The summed E-state index contributed by atoms with van der Waals surface area (Å²) in [5.74, 6) is 0.661. The lowest BCUT2D eigenvalue weighted by molar-refractivity contribution is -0.138. The number of rotatable bonds is 4. The van der Waals surface area contributed by atoms with Gasteiger partial charge in [0.15, 0.2) is 0 Å². The van der Waals surface area contributed by atoms with E-state index in [0.717, 1.165) is 5.56 Å². The van der Waals surface area contributed by atoms with E-state index in [2.05, 4.69) is 15.5 Å². The van der Waals surface area contributed by atoms with Gasteiger partial charge in [0, 0.05) is 12.0 Å². The van der Waals surface area contributed by atoms with Crippen molar-refractivity contribution >= 4 is 11.3 Å².